The molecular formula is C15H32N2. The summed E-state index contributed by atoms with van der Waals surface area (Å²) in [6, 6.07) is 0.690. The molecule has 0 aromatic carbocycles. The quantitative estimate of drug-likeness (QED) is 0.793. The van der Waals surface area contributed by atoms with Crippen molar-refractivity contribution in [3.63, 3.8) is 0 Å². The smallest absolute Gasteiger partial charge is 0.0197 e. The molecule has 0 bridgehead atoms. The van der Waals surface area contributed by atoms with Crippen LogP contribution < -0.4 is 5.32 Å². The zero-order chi connectivity index (χ0) is 12.9. The third-order valence-electron chi connectivity index (χ3n) is 4.52. The van der Waals surface area contributed by atoms with Gasteiger partial charge >= 0.3 is 0 Å². The minimum Gasteiger partial charge on any atom is -0.313 e. The van der Waals surface area contributed by atoms with Crippen LogP contribution in [0.4, 0.5) is 0 Å². The number of rotatable bonds is 5. The summed E-state index contributed by atoms with van der Waals surface area (Å²) in [5.41, 5.74) is 0.404. The third kappa shape index (κ3) is 4.26. The SMILES string of the molecule is CCC(C)(CC)N1CCCNC(CC(C)C)C1. The van der Waals surface area contributed by atoms with Crippen molar-refractivity contribution in [3.05, 3.63) is 0 Å². The molecule has 0 radical (unpaired) electrons. The molecule has 1 aliphatic rings. The van der Waals surface area contributed by atoms with E-state index in [4.69, 9.17) is 0 Å². The fraction of sp³-hybridized carbons (Fsp3) is 1.00. The molecule has 1 saturated heterocycles. The van der Waals surface area contributed by atoms with Crippen LogP contribution >= 0.6 is 0 Å². The first-order valence-corrected chi connectivity index (χ1v) is 7.50. The van der Waals surface area contributed by atoms with Gasteiger partial charge in [0.2, 0.25) is 0 Å². The van der Waals surface area contributed by atoms with Crippen LogP contribution in [0.1, 0.15) is 60.3 Å². The Kier molecular flexibility index (Phi) is 5.94. The van der Waals surface area contributed by atoms with Crippen molar-refractivity contribution in [3.8, 4) is 0 Å². The van der Waals surface area contributed by atoms with Crippen molar-refractivity contribution in [1.29, 1.82) is 0 Å². The van der Waals surface area contributed by atoms with Gasteiger partial charge in [0.05, 0.1) is 0 Å². The van der Waals surface area contributed by atoms with E-state index in [1.807, 2.05) is 0 Å². The van der Waals surface area contributed by atoms with Crippen LogP contribution in [-0.4, -0.2) is 36.1 Å². The summed E-state index contributed by atoms with van der Waals surface area (Å²) in [5, 5.41) is 3.72. The van der Waals surface area contributed by atoms with E-state index in [-0.39, 0.29) is 0 Å². The molecule has 0 amide bonds. The number of nitrogens with zero attached hydrogens (tertiary/aromatic N) is 1. The monoisotopic (exact) mass is 240 g/mol. The van der Waals surface area contributed by atoms with Crippen LogP contribution in [0, 0.1) is 5.92 Å². The van der Waals surface area contributed by atoms with E-state index in [1.165, 1.54) is 45.3 Å². The van der Waals surface area contributed by atoms with E-state index in [0.717, 1.165) is 5.92 Å². The van der Waals surface area contributed by atoms with Gasteiger partial charge < -0.3 is 5.32 Å². The lowest BCUT2D eigenvalue weighted by Gasteiger charge is -2.41. The molecule has 2 heteroatoms. The Morgan fingerprint density at radius 3 is 2.47 bits per heavy atom. The van der Waals surface area contributed by atoms with E-state index >= 15 is 0 Å². The van der Waals surface area contributed by atoms with E-state index in [2.05, 4.69) is 44.8 Å². The van der Waals surface area contributed by atoms with Gasteiger partial charge in [-0.15, -0.1) is 0 Å². The predicted molar refractivity (Wildman–Crippen MR) is 76.4 cm³/mol. The number of hydrogen-bond acceptors (Lipinski definition) is 2. The highest BCUT2D eigenvalue weighted by Gasteiger charge is 2.31. The minimum absolute atomic E-state index is 0.404. The summed E-state index contributed by atoms with van der Waals surface area (Å²) in [7, 11) is 0. The standard InChI is InChI=1S/C15H32N2/c1-6-15(5,7-2)17-10-8-9-16-14(12-17)11-13(3)4/h13-14,16H,6-12H2,1-5H3. The van der Waals surface area contributed by atoms with Crippen molar-refractivity contribution >= 4 is 0 Å². The third-order valence-corrected chi connectivity index (χ3v) is 4.52. The van der Waals surface area contributed by atoms with Gasteiger partial charge in [-0.1, -0.05) is 27.7 Å². The first-order valence-electron chi connectivity index (χ1n) is 7.50. The van der Waals surface area contributed by atoms with Gasteiger partial charge in [0.15, 0.2) is 0 Å². The fourth-order valence-corrected chi connectivity index (χ4v) is 2.91. The van der Waals surface area contributed by atoms with Crippen LogP contribution in [0.25, 0.3) is 0 Å². The molecule has 1 aliphatic heterocycles. The minimum atomic E-state index is 0.404. The second-order valence-electron chi connectivity index (χ2n) is 6.28. The predicted octanol–water partition coefficient (Wildman–Crippen LogP) is 3.28. The van der Waals surface area contributed by atoms with Crippen LogP contribution in [-0.2, 0) is 0 Å². The highest BCUT2D eigenvalue weighted by Crippen LogP contribution is 2.25. The topological polar surface area (TPSA) is 15.3 Å². The molecule has 0 aromatic heterocycles. The van der Waals surface area contributed by atoms with Crippen molar-refractivity contribution < 1.29 is 0 Å². The van der Waals surface area contributed by atoms with Crippen LogP contribution in [0.5, 0.6) is 0 Å². The molecule has 0 aromatic rings. The van der Waals surface area contributed by atoms with Crippen LogP contribution in [0.15, 0.2) is 0 Å². The number of nitrogens with one attached hydrogen (secondary N) is 1. The Morgan fingerprint density at radius 1 is 1.29 bits per heavy atom. The molecule has 0 spiro atoms. The summed E-state index contributed by atoms with van der Waals surface area (Å²) >= 11 is 0. The zero-order valence-corrected chi connectivity index (χ0v) is 12.6. The molecule has 102 valence electrons. The molecule has 0 aliphatic carbocycles. The first kappa shape index (κ1) is 15.0. The van der Waals surface area contributed by atoms with Gasteiger partial charge in [0.1, 0.15) is 0 Å². The van der Waals surface area contributed by atoms with Gasteiger partial charge in [-0.3, -0.25) is 4.90 Å². The molecule has 1 heterocycles. The Bertz CT molecular complexity index is 209. The Morgan fingerprint density at radius 2 is 1.94 bits per heavy atom. The molecule has 1 atom stereocenters. The molecule has 17 heavy (non-hydrogen) atoms. The lowest BCUT2D eigenvalue weighted by atomic mass is 9.91. The normalized spacial score (nSPS) is 24.0. The molecule has 1 fully saturated rings. The summed E-state index contributed by atoms with van der Waals surface area (Å²) in [6.07, 6.45) is 5.12. The fourth-order valence-electron chi connectivity index (χ4n) is 2.91. The lowest BCUT2D eigenvalue weighted by Crippen LogP contribution is -2.49. The average Bonchev–Trinajstić information content (AvgIpc) is 2.53. The molecule has 2 nitrogen and oxygen atoms in total. The van der Waals surface area contributed by atoms with E-state index in [0.29, 0.717) is 11.6 Å². The Hall–Kier alpha value is -0.0800. The molecule has 1 rings (SSSR count). The summed E-state index contributed by atoms with van der Waals surface area (Å²) in [5.74, 6) is 0.793. The highest BCUT2D eigenvalue weighted by molar-refractivity contribution is 4.88. The van der Waals surface area contributed by atoms with Crippen molar-refractivity contribution in [2.24, 2.45) is 5.92 Å². The zero-order valence-electron chi connectivity index (χ0n) is 12.6. The first-order chi connectivity index (χ1) is 8.01. The molecule has 1 unspecified atom stereocenters. The summed E-state index contributed by atoms with van der Waals surface area (Å²) in [6.45, 7) is 15.4. The molecule has 0 saturated carbocycles. The molecule has 1 N–H and O–H groups in total. The second kappa shape index (κ2) is 6.75. The van der Waals surface area contributed by atoms with Gasteiger partial charge in [-0.2, -0.15) is 0 Å². The average molecular weight is 240 g/mol. The second-order valence-corrected chi connectivity index (χ2v) is 6.28. The highest BCUT2D eigenvalue weighted by atomic mass is 15.2. The van der Waals surface area contributed by atoms with Crippen molar-refractivity contribution in [2.45, 2.75) is 71.9 Å². The maximum absolute atomic E-state index is 3.72. The summed E-state index contributed by atoms with van der Waals surface area (Å²) in [4.78, 5) is 2.74. The summed E-state index contributed by atoms with van der Waals surface area (Å²) < 4.78 is 0. The Balaban J connectivity index is 2.65. The van der Waals surface area contributed by atoms with Gasteiger partial charge in [0, 0.05) is 18.1 Å². The van der Waals surface area contributed by atoms with E-state index in [1.54, 1.807) is 0 Å². The Labute approximate surface area is 108 Å². The largest absolute Gasteiger partial charge is 0.313 e. The van der Waals surface area contributed by atoms with Crippen LogP contribution in [0.2, 0.25) is 0 Å². The maximum atomic E-state index is 3.72. The molecular weight excluding hydrogens is 208 g/mol. The maximum Gasteiger partial charge on any atom is 0.0197 e. The van der Waals surface area contributed by atoms with Crippen molar-refractivity contribution in [2.75, 3.05) is 19.6 Å². The van der Waals surface area contributed by atoms with E-state index in [9.17, 15) is 0 Å². The van der Waals surface area contributed by atoms with Gasteiger partial charge in [-0.05, 0) is 51.6 Å². The number of hydrogen-bond donors (Lipinski definition) is 1. The van der Waals surface area contributed by atoms with E-state index < -0.39 is 0 Å². The van der Waals surface area contributed by atoms with Crippen molar-refractivity contribution in [1.82, 2.24) is 10.2 Å². The van der Waals surface area contributed by atoms with Crippen LogP contribution in [0.3, 0.4) is 0 Å². The van der Waals surface area contributed by atoms with Gasteiger partial charge in [-0.25, -0.2) is 0 Å². The lowest BCUT2D eigenvalue weighted by molar-refractivity contribution is 0.0899. The van der Waals surface area contributed by atoms with Gasteiger partial charge in [0.25, 0.3) is 0 Å².